The lowest BCUT2D eigenvalue weighted by atomic mass is 9.91. The van der Waals surface area contributed by atoms with E-state index in [1.165, 1.54) is 87.7 Å². The number of allylic oxidation sites excluding steroid dienone is 2. The number of likely N-dealkylation sites (N-methyl/N-ethyl adjacent to an activating group) is 7. The van der Waals surface area contributed by atoms with Crippen LogP contribution in [0.15, 0.2) is 42.5 Å². The second-order valence-corrected chi connectivity index (χ2v) is 28.2. The Morgan fingerprint density at radius 2 is 1.01 bits per heavy atom. The highest BCUT2D eigenvalue weighted by atomic mass is 16.5. The first kappa shape index (κ1) is 82.1. The van der Waals surface area contributed by atoms with Crippen LogP contribution in [0.3, 0.4) is 0 Å². The first-order valence-electron chi connectivity index (χ1n) is 33.1. The Balaban J connectivity index is 3.03. The number of nitrogens with one attached hydrogen (secondary N) is 4. The molecule has 12 atom stereocenters. The molecule has 5 N–H and O–H groups in total. The van der Waals surface area contributed by atoms with Gasteiger partial charge in [-0.05, 0) is 108 Å². The van der Waals surface area contributed by atoms with Gasteiger partial charge in [0, 0.05) is 55.8 Å². The summed E-state index contributed by atoms with van der Waals surface area (Å²) in [6.07, 6.45) is 2.66. The number of rotatable bonds is 18. The molecule has 24 heteroatoms. The summed E-state index contributed by atoms with van der Waals surface area (Å²) in [7, 11) is 9.87. The minimum atomic E-state index is -1.64. The molecule has 0 saturated carbocycles. The van der Waals surface area contributed by atoms with Crippen LogP contribution in [-0.4, -0.2) is 232 Å². The zero-order valence-electron chi connectivity index (χ0n) is 60.5. The van der Waals surface area contributed by atoms with Crippen molar-refractivity contribution in [2.24, 2.45) is 35.5 Å². The molecule has 0 aromatic heterocycles. The van der Waals surface area contributed by atoms with E-state index >= 15 is 19.2 Å². The number of aliphatic hydroxyl groups excluding tert-OH is 1. The van der Waals surface area contributed by atoms with Gasteiger partial charge in [0.1, 0.15) is 60.4 Å². The van der Waals surface area contributed by atoms with Crippen molar-refractivity contribution in [1.29, 1.82) is 0 Å². The van der Waals surface area contributed by atoms with Crippen molar-refractivity contribution < 1.29 is 62.6 Å². The summed E-state index contributed by atoms with van der Waals surface area (Å²) in [5, 5.41) is 23.2. The molecule has 1 fully saturated rings. The summed E-state index contributed by atoms with van der Waals surface area (Å²) in [6, 6.07) is -3.46. The molecule has 1 unspecified atom stereocenters. The van der Waals surface area contributed by atoms with Crippen molar-refractivity contribution >= 4 is 65.0 Å². The highest BCUT2D eigenvalue weighted by Gasteiger charge is 2.46. The number of hydrogen-bond acceptors (Lipinski definition) is 13. The SMILES string of the molecule is C/C=C/C[C@@H](C)[C@@H](O)C1C(=O)N[C@H](CC)C(=O)N(C)CC(=O)N(C)[C@@H](CC(C)(C)OCc2ccccc2)C(=O)N[C@H](C(C)C)C(=O)N(C)[C@H](CC(C)C)C(=O)N[C@H](C)C(=O)N[C@@H](C)C(=O)N(C)[C@H](CC(C)C)C(=O)N(C)[C@H](CC(C)C)C(=O)N(C)[C@H](C(C)C)C(=O)N1C. The van der Waals surface area contributed by atoms with E-state index in [0.717, 1.165) is 15.4 Å². The van der Waals surface area contributed by atoms with E-state index in [9.17, 15) is 38.7 Å². The number of hydrogen-bond donors (Lipinski definition) is 5. The molecule has 0 spiro atoms. The van der Waals surface area contributed by atoms with Crippen LogP contribution < -0.4 is 21.3 Å². The molecule has 2 rings (SSSR count). The van der Waals surface area contributed by atoms with Crippen LogP contribution >= 0.6 is 0 Å². The second-order valence-electron chi connectivity index (χ2n) is 28.2. The van der Waals surface area contributed by atoms with Crippen LogP contribution in [0.4, 0.5) is 0 Å². The average molecular weight is 1310 g/mol. The molecule has 1 saturated heterocycles. The third kappa shape index (κ3) is 23.5. The number of amides is 11. The van der Waals surface area contributed by atoms with Gasteiger partial charge in [-0.1, -0.05) is 126 Å². The monoisotopic (exact) mass is 1310 g/mol. The first-order valence-corrected chi connectivity index (χ1v) is 33.1. The van der Waals surface area contributed by atoms with Crippen molar-refractivity contribution in [1.82, 2.24) is 55.6 Å². The quantitative estimate of drug-likeness (QED) is 0.126. The Morgan fingerprint density at radius 1 is 0.538 bits per heavy atom. The number of benzene rings is 1. The maximum Gasteiger partial charge on any atom is 0.246 e. The van der Waals surface area contributed by atoms with E-state index < -0.39 is 161 Å². The Morgan fingerprint density at radius 3 is 1.51 bits per heavy atom. The zero-order valence-corrected chi connectivity index (χ0v) is 60.5. The topological polar surface area (TPSA) is 288 Å². The lowest BCUT2D eigenvalue weighted by molar-refractivity contribution is -0.157. The first-order chi connectivity index (χ1) is 43.1. The summed E-state index contributed by atoms with van der Waals surface area (Å²) >= 11 is 0. The van der Waals surface area contributed by atoms with Crippen molar-refractivity contribution in [2.75, 3.05) is 55.9 Å². The predicted octanol–water partition coefficient (Wildman–Crippen LogP) is 4.61. The maximum absolute atomic E-state index is 15.2. The van der Waals surface area contributed by atoms with E-state index in [1.54, 1.807) is 74.5 Å². The van der Waals surface area contributed by atoms with Crippen molar-refractivity contribution in [2.45, 2.75) is 235 Å². The Bertz CT molecular complexity index is 2720. The van der Waals surface area contributed by atoms with E-state index in [1.807, 2.05) is 71.9 Å². The minimum Gasteiger partial charge on any atom is -0.390 e. The molecule has 526 valence electrons. The van der Waals surface area contributed by atoms with Gasteiger partial charge in [-0.15, -0.1) is 0 Å². The van der Waals surface area contributed by atoms with Gasteiger partial charge in [-0.2, -0.15) is 0 Å². The van der Waals surface area contributed by atoms with Crippen LogP contribution in [0.5, 0.6) is 0 Å². The molecule has 1 heterocycles. The molecule has 0 aliphatic carbocycles. The fourth-order valence-corrected chi connectivity index (χ4v) is 11.6. The zero-order chi connectivity index (χ0) is 71.4. The summed E-state index contributed by atoms with van der Waals surface area (Å²) in [6.45, 7) is 29.2. The van der Waals surface area contributed by atoms with Crippen LogP contribution in [0.1, 0.15) is 162 Å². The van der Waals surface area contributed by atoms with Gasteiger partial charge >= 0.3 is 0 Å². The molecule has 1 aliphatic heterocycles. The standard InChI is InChI=1S/C69H117N11O13/c1-25-27-31-45(13)58(82)57-62(86)72-49(26-2)64(88)74(18)38-54(81)75(19)53(37-69(16,17)93-39-48-32-29-28-30-33-48)61(85)73-55(43(9)10)67(91)76(20)50(34-40(3)4)60(84)70-46(14)59(83)71-47(15)63(87)77(21)51(35-41(5)6)65(89)78(22)52(36-42(7)8)66(90)79(23)56(44(11)12)68(92)80(57)24/h25,27-30,32-33,40-47,49-53,55-58,82H,26,31,34-39H2,1-24H3,(H,70,84)(H,71,83)(H,72,86)(H,73,85)/b27-25+/t45-,46-,47+,49-,50-,51-,52-,53+,55-,56-,57?,58-/m1/s1. The van der Waals surface area contributed by atoms with E-state index in [2.05, 4.69) is 21.3 Å². The summed E-state index contributed by atoms with van der Waals surface area (Å²) < 4.78 is 6.39. The Hall–Kier alpha value is -6.95. The highest BCUT2D eigenvalue weighted by Crippen LogP contribution is 2.27. The van der Waals surface area contributed by atoms with Gasteiger partial charge in [0.2, 0.25) is 65.0 Å². The third-order valence-corrected chi connectivity index (χ3v) is 17.5. The fourth-order valence-electron chi connectivity index (χ4n) is 11.6. The summed E-state index contributed by atoms with van der Waals surface area (Å²) in [5.41, 5.74) is -0.249. The molecular weight excluding hydrogens is 1190 g/mol. The number of nitrogens with zero attached hydrogens (tertiary/aromatic N) is 7. The van der Waals surface area contributed by atoms with Crippen LogP contribution in [0, 0.1) is 35.5 Å². The van der Waals surface area contributed by atoms with E-state index in [4.69, 9.17) is 4.74 Å². The predicted molar refractivity (Wildman–Crippen MR) is 359 cm³/mol. The van der Waals surface area contributed by atoms with Gasteiger partial charge in [-0.25, -0.2) is 0 Å². The molecule has 93 heavy (non-hydrogen) atoms. The van der Waals surface area contributed by atoms with Crippen molar-refractivity contribution in [3.63, 3.8) is 0 Å². The summed E-state index contributed by atoms with van der Waals surface area (Å²) in [4.78, 5) is 171. The number of ether oxygens (including phenoxy) is 1. The largest absolute Gasteiger partial charge is 0.390 e. The molecule has 11 amide bonds. The number of carbonyl (C=O) groups is 11. The fraction of sp³-hybridized carbons (Fsp3) is 0.725. The normalized spacial score (nSPS) is 25.7. The molecule has 24 nitrogen and oxygen atoms in total. The van der Waals surface area contributed by atoms with Crippen molar-refractivity contribution in [3.05, 3.63) is 48.0 Å². The minimum absolute atomic E-state index is 0.00531. The van der Waals surface area contributed by atoms with Crippen molar-refractivity contribution in [3.8, 4) is 0 Å². The maximum atomic E-state index is 15.2. The van der Waals surface area contributed by atoms with Gasteiger partial charge in [-0.3, -0.25) is 52.7 Å². The molecule has 1 aromatic carbocycles. The summed E-state index contributed by atoms with van der Waals surface area (Å²) in [5.74, 6) is -10.0. The highest BCUT2D eigenvalue weighted by molar-refractivity contribution is 5.99. The molecule has 1 aromatic rings. The molecule has 0 radical (unpaired) electrons. The molecular formula is C69H117N11O13. The number of carbonyl (C=O) groups excluding carboxylic acids is 11. The van der Waals surface area contributed by atoms with Gasteiger partial charge in [0.05, 0.1) is 24.9 Å². The molecule has 0 bridgehead atoms. The third-order valence-electron chi connectivity index (χ3n) is 17.5. The lowest BCUT2D eigenvalue weighted by Gasteiger charge is -2.41. The van der Waals surface area contributed by atoms with E-state index in [0.29, 0.717) is 6.42 Å². The smallest absolute Gasteiger partial charge is 0.246 e. The second kappa shape index (κ2) is 37.2. The van der Waals surface area contributed by atoms with Crippen LogP contribution in [0.25, 0.3) is 0 Å². The van der Waals surface area contributed by atoms with Gasteiger partial charge in [0.15, 0.2) is 0 Å². The van der Waals surface area contributed by atoms with Gasteiger partial charge < -0.3 is 65.4 Å². The van der Waals surface area contributed by atoms with Gasteiger partial charge in [0.25, 0.3) is 0 Å². The van der Waals surface area contributed by atoms with Crippen LogP contribution in [0.2, 0.25) is 0 Å². The average Bonchev–Trinajstić information content (AvgIpc) is 0.829. The molecule has 1 aliphatic rings. The Labute approximate surface area is 555 Å². The van der Waals surface area contributed by atoms with E-state index in [-0.39, 0.29) is 56.5 Å². The van der Waals surface area contributed by atoms with Crippen LogP contribution in [-0.2, 0) is 64.1 Å². The lowest BCUT2D eigenvalue weighted by Crippen LogP contribution is -2.63. The number of aliphatic hydroxyl groups is 1. The Kier molecular flexibility index (Phi) is 32.9.